The van der Waals surface area contributed by atoms with Crippen molar-refractivity contribution in [1.29, 1.82) is 0 Å². The van der Waals surface area contributed by atoms with Crippen molar-refractivity contribution in [3.8, 4) is 11.3 Å². The summed E-state index contributed by atoms with van der Waals surface area (Å²) >= 11 is 10.9. The van der Waals surface area contributed by atoms with Crippen LogP contribution in [-0.2, 0) is 7.05 Å². The predicted octanol–water partition coefficient (Wildman–Crippen LogP) is 2.99. The van der Waals surface area contributed by atoms with Gasteiger partial charge in [-0.05, 0) is 24.4 Å². The number of nitrogens with one attached hydrogen (secondary N) is 1. The lowest BCUT2D eigenvalue weighted by molar-refractivity contribution is 0.906. The molecule has 0 saturated carbocycles. The van der Waals surface area contributed by atoms with E-state index in [0.29, 0.717) is 15.6 Å². The first-order chi connectivity index (χ1) is 7.09. The molecule has 5 heteroatoms. The minimum Gasteiger partial charge on any atom is -0.383 e. The lowest BCUT2D eigenvalue weighted by Gasteiger charge is -2.00. The van der Waals surface area contributed by atoms with Crippen molar-refractivity contribution in [2.24, 2.45) is 7.05 Å². The highest BCUT2D eigenvalue weighted by Crippen LogP contribution is 2.25. The van der Waals surface area contributed by atoms with Gasteiger partial charge in [-0.25, -0.2) is 0 Å². The second-order valence-corrected chi connectivity index (χ2v) is 4.08. The van der Waals surface area contributed by atoms with E-state index < -0.39 is 0 Å². The number of halogens is 1. The van der Waals surface area contributed by atoms with Crippen molar-refractivity contribution in [3.63, 3.8) is 0 Å². The van der Waals surface area contributed by atoms with E-state index in [9.17, 15) is 0 Å². The van der Waals surface area contributed by atoms with E-state index in [1.807, 2.05) is 31.3 Å². The molecule has 0 unspecified atom stereocenters. The lowest BCUT2D eigenvalue weighted by Crippen LogP contribution is -1.96. The number of nitrogens with zero attached hydrogens (tertiary/aromatic N) is 1. The lowest BCUT2D eigenvalue weighted by atomic mass is 10.1. The molecule has 78 valence electrons. The van der Waals surface area contributed by atoms with E-state index in [-0.39, 0.29) is 0 Å². The molecule has 3 N–H and O–H groups in total. The number of H-pyrrole nitrogens is 1. The molecule has 0 aliphatic heterocycles. The van der Waals surface area contributed by atoms with Crippen LogP contribution in [0.5, 0.6) is 0 Å². The number of hydrogen-bond donors (Lipinski definition) is 2. The van der Waals surface area contributed by atoms with Crippen LogP contribution in [0.4, 0.5) is 5.82 Å². The fourth-order valence-electron chi connectivity index (χ4n) is 1.37. The average Bonchev–Trinajstić information content (AvgIpc) is 2.47. The van der Waals surface area contributed by atoms with Crippen LogP contribution in [0.3, 0.4) is 0 Å². The summed E-state index contributed by atoms with van der Waals surface area (Å²) in [5.41, 5.74) is 7.71. The van der Waals surface area contributed by atoms with Crippen LogP contribution >= 0.6 is 23.8 Å². The van der Waals surface area contributed by atoms with Gasteiger partial charge < -0.3 is 15.3 Å². The van der Waals surface area contributed by atoms with Crippen molar-refractivity contribution in [2.45, 2.75) is 0 Å². The molecule has 0 saturated heterocycles. The van der Waals surface area contributed by atoms with Gasteiger partial charge in [0.15, 0.2) is 4.77 Å². The minimum absolute atomic E-state index is 0.609. The van der Waals surface area contributed by atoms with Gasteiger partial charge in [0.2, 0.25) is 0 Å². The number of rotatable bonds is 1. The van der Waals surface area contributed by atoms with E-state index in [4.69, 9.17) is 29.6 Å². The zero-order valence-electron chi connectivity index (χ0n) is 8.12. The number of aromatic amines is 1. The Morgan fingerprint density at radius 3 is 2.40 bits per heavy atom. The van der Waals surface area contributed by atoms with E-state index in [0.717, 1.165) is 11.3 Å². The maximum Gasteiger partial charge on any atom is 0.178 e. The number of aromatic nitrogens is 2. The van der Waals surface area contributed by atoms with Gasteiger partial charge in [0.05, 0.1) is 5.69 Å². The summed E-state index contributed by atoms with van der Waals surface area (Å²) in [6, 6.07) is 7.44. The third-order valence-corrected chi connectivity index (χ3v) is 2.91. The molecule has 0 radical (unpaired) electrons. The smallest absolute Gasteiger partial charge is 0.178 e. The molecule has 0 fully saturated rings. The van der Waals surface area contributed by atoms with Crippen molar-refractivity contribution in [3.05, 3.63) is 34.1 Å². The molecular formula is C10H10ClN3S. The van der Waals surface area contributed by atoms with Crippen LogP contribution < -0.4 is 5.73 Å². The summed E-state index contributed by atoms with van der Waals surface area (Å²) in [6.07, 6.45) is 0. The van der Waals surface area contributed by atoms with Crippen molar-refractivity contribution >= 4 is 29.6 Å². The molecule has 1 aromatic carbocycles. The molecule has 0 atom stereocenters. The Bertz CT molecular complexity index is 539. The highest BCUT2D eigenvalue weighted by Gasteiger charge is 2.07. The van der Waals surface area contributed by atoms with Gasteiger partial charge in [-0.3, -0.25) is 0 Å². The van der Waals surface area contributed by atoms with Gasteiger partial charge in [0.1, 0.15) is 5.82 Å². The van der Waals surface area contributed by atoms with Gasteiger partial charge in [0, 0.05) is 17.6 Å². The first kappa shape index (κ1) is 10.3. The topological polar surface area (TPSA) is 46.7 Å². The molecule has 0 aliphatic carbocycles. The van der Waals surface area contributed by atoms with Crippen LogP contribution in [-0.4, -0.2) is 9.55 Å². The molecule has 15 heavy (non-hydrogen) atoms. The molecule has 2 aromatic rings. The maximum atomic E-state index is 5.91. The molecule has 0 spiro atoms. The fourth-order valence-corrected chi connectivity index (χ4v) is 1.69. The quantitative estimate of drug-likeness (QED) is 0.752. The van der Waals surface area contributed by atoms with E-state index in [2.05, 4.69) is 4.98 Å². The number of nitrogens with two attached hydrogens (primary N) is 1. The minimum atomic E-state index is 0.609. The Labute approximate surface area is 97.5 Å². The second-order valence-electron chi connectivity index (χ2n) is 3.26. The standard InChI is InChI=1S/C10H10ClN3S/c1-14-9(12)8(13-10(14)15)6-2-4-7(11)5-3-6/h2-5H,12H2,1H3,(H,13,15). The summed E-state index contributed by atoms with van der Waals surface area (Å²) in [4.78, 5) is 3.06. The van der Waals surface area contributed by atoms with Crippen LogP contribution in [0.15, 0.2) is 24.3 Å². The Morgan fingerprint density at radius 2 is 1.93 bits per heavy atom. The molecular weight excluding hydrogens is 230 g/mol. The largest absolute Gasteiger partial charge is 0.383 e. The summed E-state index contributed by atoms with van der Waals surface area (Å²) in [6.45, 7) is 0. The van der Waals surface area contributed by atoms with Crippen molar-refractivity contribution in [2.75, 3.05) is 5.73 Å². The van der Waals surface area contributed by atoms with Crippen molar-refractivity contribution < 1.29 is 0 Å². The second kappa shape index (κ2) is 3.72. The van der Waals surface area contributed by atoms with Crippen LogP contribution in [0.2, 0.25) is 5.02 Å². The highest BCUT2D eigenvalue weighted by atomic mass is 35.5. The maximum absolute atomic E-state index is 5.91. The number of imidazole rings is 1. The normalized spacial score (nSPS) is 10.5. The number of benzene rings is 1. The monoisotopic (exact) mass is 239 g/mol. The number of nitrogen functional groups attached to an aromatic ring is 1. The van der Waals surface area contributed by atoms with E-state index >= 15 is 0 Å². The molecule has 3 nitrogen and oxygen atoms in total. The average molecular weight is 240 g/mol. The SMILES string of the molecule is Cn1c(N)c(-c2ccc(Cl)cc2)[nH]c1=S. The Morgan fingerprint density at radius 1 is 1.33 bits per heavy atom. The molecule has 0 amide bonds. The van der Waals surface area contributed by atoms with Crippen LogP contribution in [0.25, 0.3) is 11.3 Å². The first-order valence-corrected chi connectivity index (χ1v) is 5.18. The zero-order chi connectivity index (χ0) is 11.0. The Hall–Kier alpha value is -1.26. The van der Waals surface area contributed by atoms with Gasteiger partial charge in [0.25, 0.3) is 0 Å². The number of anilines is 1. The van der Waals surface area contributed by atoms with Gasteiger partial charge in [-0.1, -0.05) is 23.7 Å². The molecule has 0 aliphatic rings. The summed E-state index contributed by atoms with van der Waals surface area (Å²) in [7, 11) is 1.83. The van der Waals surface area contributed by atoms with Crippen molar-refractivity contribution in [1.82, 2.24) is 9.55 Å². The predicted molar refractivity (Wildman–Crippen MR) is 65.5 cm³/mol. The third-order valence-electron chi connectivity index (χ3n) is 2.29. The summed E-state index contributed by atoms with van der Waals surface area (Å²) in [5, 5.41) is 0.701. The van der Waals surface area contributed by atoms with Crippen LogP contribution in [0.1, 0.15) is 0 Å². The first-order valence-electron chi connectivity index (χ1n) is 4.40. The van der Waals surface area contributed by atoms with E-state index in [1.54, 1.807) is 4.57 Å². The summed E-state index contributed by atoms with van der Waals surface area (Å²) in [5.74, 6) is 0.627. The van der Waals surface area contributed by atoms with Gasteiger partial charge in [-0.15, -0.1) is 0 Å². The molecule has 1 heterocycles. The number of hydrogen-bond acceptors (Lipinski definition) is 2. The van der Waals surface area contributed by atoms with Gasteiger partial charge >= 0.3 is 0 Å². The fraction of sp³-hybridized carbons (Fsp3) is 0.100. The van der Waals surface area contributed by atoms with Crippen LogP contribution in [0, 0.1) is 4.77 Å². The molecule has 0 bridgehead atoms. The van der Waals surface area contributed by atoms with E-state index in [1.165, 1.54) is 0 Å². The Balaban J connectivity index is 2.59. The molecule has 2 rings (SSSR count). The summed E-state index contributed by atoms with van der Waals surface area (Å²) < 4.78 is 2.34. The Kier molecular flexibility index (Phi) is 2.54. The zero-order valence-corrected chi connectivity index (χ0v) is 9.69. The third kappa shape index (κ3) is 1.78. The van der Waals surface area contributed by atoms with Gasteiger partial charge in [-0.2, -0.15) is 0 Å². The highest BCUT2D eigenvalue weighted by molar-refractivity contribution is 7.71. The molecule has 1 aromatic heterocycles.